The van der Waals surface area contributed by atoms with Crippen molar-refractivity contribution in [2.45, 2.75) is 19.4 Å². The van der Waals surface area contributed by atoms with E-state index in [0.717, 1.165) is 6.42 Å². The minimum Gasteiger partial charge on any atom is -0.490 e. The van der Waals surface area contributed by atoms with Gasteiger partial charge in [0, 0.05) is 20.1 Å². The third-order valence-electron chi connectivity index (χ3n) is 2.33. The van der Waals surface area contributed by atoms with E-state index in [4.69, 9.17) is 20.4 Å². The van der Waals surface area contributed by atoms with E-state index in [1.807, 2.05) is 13.0 Å². The van der Waals surface area contributed by atoms with E-state index >= 15 is 0 Å². The first-order chi connectivity index (χ1) is 8.19. The Kier molecular flexibility index (Phi) is 5.29. The number of methoxy groups -OCH3 is 1. The highest BCUT2D eigenvalue weighted by atomic mass is 16.5. The summed E-state index contributed by atoms with van der Waals surface area (Å²) in [4.78, 5) is 0. The molecule has 0 aliphatic carbocycles. The Bertz CT molecular complexity index is 380. The molecule has 94 valence electrons. The molecule has 5 nitrogen and oxygen atoms in total. The Hall–Kier alpha value is -1.75. The third-order valence-corrected chi connectivity index (χ3v) is 2.33. The quantitative estimate of drug-likeness (QED) is 0.341. The van der Waals surface area contributed by atoms with Crippen LogP contribution >= 0.6 is 0 Å². The van der Waals surface area contributed by atoms with E-state index < -0.39 is 0 Å². The van der Waals surface area contributed by atoms with Crippen molar-refractivity contribution in [3.05, 3.63) is 29.8 Å². The van der Waals surface area contributed by atoms with Crippen molar-refractivity contribution in [1.29, 1.82) is 0 Å². The zero-order valence-corrected chi connectivity index (χ0v) is 10.1. The molecular weight excluding hydrogens is 220 g/mol. The predicted octanol–water partition coefficient (Wildman–Crippen LogP) is 1.58. The van der Waals surface area contributed by atoms with E-state index in [1.165, 1.54) is 0 Å². The van der Waals surface area contributed by atoms with Gasteiger partial charge in [0.1, 0.15) is 5.75 Å². The molecule has 0 saturated heterocycles. The largest absolute Gasteiger partial charge is 0.490 e. The number of benzene rings is 1. The Morgan fingerprint density at radius 2 is 2.18 bits per heavy atom. The summed E-state index contributed by atoms with van der Waals surface area (Å²) in [5, 5.41) is 11.7. The Morgan fingerprint density at radius 1 is 1.47 bits per heavy atom. The van der Waals surface area contributed by atoms with Crippen LogP contribution in [0.25, 0.3) is 0 Å². The van der Waals surface area contributed by atoms with Gasteiger partial charge in [0.2, 0.25) is 0 Å². The smallest absolute Gasteiger partial charge is 0.173 e. The zero-order valence-electron chi connectivity index (χ0n) is 10.1. The first kappa shape index (κ1) is 13.3. The number of ether oxygens (including phenoxy) is 2. The van der Waals surface area contributed by atoms with E-state index in [9.17, 15) is 0 Å². The second-order valence-corrected chi connectivity index (χ2v) is 3.69. The number of hydrogen-bond donors (Lipinski definition) is 2. The van der Waals surface area contributed by atoms with Gasteiger partial charge in [-0.15, -0.1) is 0 Å². The molecule has 0 aromatic heterocycles. The van der Waals surface area contributed by atoms with Gasteiger partial charge in [0.15, 0.2) is 5.84 Å². The lowest BCUT2D eigenvalue weighted by atomic mass is 10.2. The van der Waals surface area contributed by atoms with E-state index in [0.29, 0.717) is 17.9 Å². The summed E-state index contributed by atoms with van der Waals surface area (Å²) in [6.07, 6.45) is 0.781. The topological polar surface area (TPSA) is 77.1 Å². The van der Waals surface area contributed by atoms with Crippen LogP contribution in [0.15, 0.2) is 29.4 Å². The van der Waals surface area contributed by atoms with Crippen LogP contribution in [0.4, 0.5) is 0 Å². The Labute approximate surface area is 101 Å². The summed E-state index contributed by atoms with van der Waals surface area (Å²) < 4.78 is 10.7. The van der Waals surface area contributed by atoms with E-state index in [-0.39, 0.29) is 11.9 Å². The molecule has 0 amide bonds. The summed E-state index contributed by atoms with van der Waals surface area (Å²) in [6.45, 7) is 2.58. The molecule has 0 bridgehead atoms. The molecule has 1 unspecified atom stereocenters. The summed E-state index contributed by atoms with van der Waals surface area (Å²) in [6, 6.07) is 7.18. The molecular formula is C12H18N2O3. The van der Waals surface area contributed by atoms with Crippen LogP contribution in [0.5, 0.6) is 5.75 Å². The number of hydrogen-bond acceptors (Lipinski definition) is 4. The first-order valence-corrected chi connectivity index (χ1v) is 5.41. The summed E-state index contributed by atoms with van der Waals surface area (Å²) >= 11 is 0. The molecule has 17 heavy (non-hydrogen) atoms. The molecule has 1 aromatic carbocycles. The molecule has 0 heterocycles. The summed E-state index contributed by atoms with van der Waals surface area (Å²) in [5.41, 5.74) is 6.15. The lowest BCUT2D eigenvalue weighted by Crippen LogP contribution is -2.19. The van der Waals surface area contributed by atoms with Gasteiger partial charge in [-0.05, 0) is 19.1 Å². The van der Waals surface area contributed by atoms with Crippen LogP contribution in [0.3, 0.4) is 0 Å². The second kappa shape index (κ2) is 6.75. The van der Waals surface area contributed by atoms with Gasteiger partial charge in [-0.2, -0.15) is 0 Å². The minimum atomic E-state index is 0.00240. The third kappa shape index (κ3) is 3.96. The zero-order chi connectivity index (χ0) is 12.7. The molecule has 0 aliphatic heterocycles. The molecule has 0 spiro atoms. The molecule has 1 rings (SSSR count). The maximum Gasteiger partial charge on any atom is 0.173 e. The predicted molar refractivity (Wildman–Crippen MR) is 65.5 cm³/mol. The summed E-state index contributed by atoms with van der Waals surface area (Å²) in [5.74, 6) is 0.644. The molecule has 0 saturated carbocycles. The number of amidine groups is 1. The maximum atomic E-state index is 8.68. The van der Waals surface area contributed by atoms with Crippen LogP contribution in [0.1, 0.15) is 18.9 Å². The second-order valence-electron chi connectivity index (χ2n) is 3.69. The van der Waals surface area contributed by atoms with E-state index in [2.05, 4.69) is 5.16 Å². The molecule has 5 heteroatoms. The fraction of sp³-hybridized carbons (Fsp3) is 0.417. The van der Waals surface area contributed by atoms with Gasteiger partial charge in [0.05, 0.1) is 11.7 Å². The lowest BCUT2D eigenvalue weighted by Gasteiger charge is -2.16. The molecule has 3 N–H and O–H groups in total. The number of rotatable bonds is 6. The first-order valence-electron chi connectivity index (χ1n) is 5.41. The number of nitrogens with two attached hydrogens (primary N) is 1. The summed E-state index contributed by atoms with van der Waals surface area (Å²) in [7, 11) is 1.65. The monoisotopic (exact) mass is 238 g/mol. The maximum absolute atomic E-state index is 8.68. The van der Waals surface area contributed by atoms with Crippen molar-refractivity contribution < 1.29 is 14.7 Å². The molecule has 1 aromatic rings. The molecule has 1 atom stereocenters. The molecule has 0 aliphatic rings. The van der Waals surface area contributed by atoms with Gasteiger partial charge < -0.3 is 20.4 Å². The molecule has 0 radical (unpaired) electrons. The van der Waals surface area contributed by atoms with Gasteiger partial charge in [-0.1, -0.05) is 17.3 Å². The van der Waals surface area contributed by atoms with Crippen LogP contribution in [0, 0.1) is 0 Å². The van der Waals surface area contributed by atoms with Crippen molar-refractivity contribution in [3.63, 3.8) is 0 Å². The van der Waals surface area contributed by atoms with Gasteiger partial charge in [-0.25, -0.2) is 0 Å². The van der Waals surface area contributed by atoms with Crippen LogP contribution in [0.2, 0.25) is 0 Å². The number of para-hydroxylation sites is 1. The number of nitrogens with zero attached hydrogens (tertiary/aromatic N) is 1. The molecule has 0 fully saturated rings. The Morgan fingerprint density at radius 3 is 2.82 bits per heavy atom. The Balaban J connectivity index is 2.76. The highest BCUT2D eigenvalue weighted by Crippen LogP contribution is 2.19. The highest BCUT2D eigenvalue weighted by Gasteiger charge is 2.10. The minimum absolute atomic E-state index is 0.00240. The van der Waals surface area contributed by atoms with Crippen molar-refractivity contribution in [3.8, 4) is 5.75 Å². The van der Waals surface area contributed by atoms with Gasteiger partial charge in [-0.3, -0.25) is 0 Å². The van der Waals surface area contributed by atoms with Crippen molar-refractivity contribution in [2.75, 3.05) is 13.7 Å². The average Bonchev–Trinajstić information content (AvgIpc) is 2.36. The SMILES string of the molecule is COCCC(C)Oc1ccccc1/C(N)=N/O. The lowest BCUT2D eigenvalue weighted by molar-refractivity contribution is 0.135. The van der Waals surface area contributed by atoms with Crippen molar-refractivity contribution >= 4 is 5.84 Å². The van der Waals surface area contributed by atoms with Crippen LogP contribution < -0.4 is 10.5 Å². The standard InChI is InChI=1S/C12H18N2O3/c1-9(7-8-16-2)17-11-6-4-3-5-10(11)12(13)14-15/h3-6,9,15H,7-8H2,1-2H3,(H2,13,14). The van der Waals surface area contributed by atoms with Gasteiger partial charge >= 0.3 is 0 Å². The van der Waals surface area contributed by atoms with Gasteiger partial charge in [0.25, 0.3) is 0 Å². The average molecular weight is 238 g/mol. The fourth-order valence-corrected chi connectivity index (χ4v) is 1.39. The fourth-order valence-electron chi connectivity index (χ4n) is 1.39. The van der Waals surface area contributed by atoms with Crippen molar-refractivity contribution in [2.24, 2.45) is 10.9 Å². The highest BCUT2D eigenvalue weighted by molar-refractivity contribution is 5.99. The number of oxime groups is 1. The van der Waals surface area contributed by atoms with Crippen molar-refractivity contribution in [1.82, 2.24) is 0 Å². The normalized spacial score (nSPS) is 13.4. The van der Waals surface area contributed by atoms with Crippen LogP contribution in [-0.2, 0) is 4.74 Å². The van der Waals surface area contributed by atoms with Crippen LogP contribution in [-0.4, -0.2) is 30.9 Å². The van der Waals surface area contributed by atoms with E-state index in [1.54, 1.807) is 25.3 Å².